The molecule has 126 valence electrons. The highest BCUT2D eigenvalue weighted by Gasteiger charge is 2.19. The molecule has 0 saturated carbocycles. The minimum absolute atomic E-state index is 0.0387. The van der Waals surface area contributed by atoms with E-state index in [1.165, 1.54) is 0 Å². The van der Waals surface area contributed by atoms with E-state index in [9.17, 15) is 4.79 Å². The van der Waals surface area contributed by atoms with Crippen molar-refractivity contribution in [1.29, 1.82) is 0 Å². The lowest BCUT2D eigenvalue weighted by Gasteiger charge is -2.35. The van der Waals surface area contributed by atoms with E-state index in [1.54, 1.807) is 0 Å². The van der Waals surface area contributed by atoms with Gasteiger partial charge in [0, 0.05) is 42.6 Å². The highest BCUT2D eigenvalue weighted by atomic mass is 35.5. The van der Waals surface area contributed by atoms with Crippen molar-refractivity contribution in [2.45, 2.75) is 6.92 Å². The molecule has 0 aliphatic carbocycles. The molecule has 5 heteroatoms. The number of anilines is 2. The van der Waals surface area contributed by atoms with Crippen LogP contribution in [-0.4, -0.2) is 43.5 Å². The second-order valence-corrected chi connectivity index (χ2v) is 6.60. The summed E-state index contributed by atoms with van der Waals surface area (Å²) in [5.74, 6) is 0.0387. The molecule has 0 bridgehead atoms. The molecular weight excluding hydrogens is 322 g/mol. The molecule has 4 nitrogen and oxygen atoms in total. The molecule has 1 heterocycles. The smallest absolute Gasteiger partial charge is 0.238 e. The van der Waals surface area contributed by atoms with Gasteiger partial charge in [-0.05, 0) is 42.8 Å². The number of halogens is 1. The van der Waals surface area contributed by atoms with Crippen LogP contribution in [0.15, 0.2) is 48.5 Å². The Hall–Kier alpha value is -2.04. The van der Waals surface area contributed by atoms with E-state index < -0.39 is 0 Å². The standard InChI is InChI=1S/C19H22ClN3O/c1-15-4-2-6-17(12-15)21-19(24)14-22-8-10-23(11-9-22)18-7-3-5-16(20)13-18/h2-7,12-13H,8-11,14H2,1H3,(H,21,24). The number of carbonyl (C=O) groups excluding carboxylic acids is 1. The van der Waals surface area contributed by atoms with Crippen molar-refractivity contribution in [3.8, 4) is 0 Å². The number of amides is 1. The van der Waals surface area contributed by atoms with Crippen LogP contribution in [0.3, 0.4) is 0 Å². The van der Waals surface area contributed by atoms with Crippen molar-refractivity contribution in [2.24, 2.45) is 0 Å². The second-order valence-electron chi connectivity index (χ2n) is 6.16. The van der Waals surface area contributed by atoms with E-state index in [0.717, 1.165) is 48.1 Å². The van der Waals surface area contributed by atoms with Gasteiger partial charge in [0.25, 0.3) is 0 Å². The summed E-state index contributed by atoms with van der Waals surface area (Å²) in [6.07, 6.45) is 0. The Kier molecular flexibility index (Phi) is 5.38. The number of rotatable bonds is 4. The zero-order valence-corrected chi connectivity index (χ0v) is 14.6. The fourth-order valence-electron chi connectivity index (χ4n) is 2.96. The number of nitrogens with zero attached hydrogens (tertiary/aromatic N) is 2. The lowest BCUT2D eigenvalue weighted by Crippen LogP contribution is -2.48. The first-order chi connectivity index (χ1) is 11.6. The summed E-state index contributed by atoms with van der Waals surface area (Å²) < 4.78 is 0. The molecule has 0 atom stereocenters. The maximum atomic E-state index is 12.2. The van der Waals surface area contributed by atoms with Gasteiger partial charge in [-0.1, -0.05) is 29.8 Å². The van der Waals surface area contributed by atoms with Crippen LogP contribution < -0.4 is 10.2 Å². The van der Waals surface area contributed by atoms with Crippen LogP contribution in [0.5, 0.6) is 0 Å². The lowest BCUT2D eigenvalue weighted by molar-refractivity contribution is -0.117. The van der Waals surface area contributed by atoms with Gasteiger partial charge >= 0.3 is 0 Å². The van der Waals surface area contributed by atoms with Gasteiger partial charge in [-0.2, -0.15) is 0 Å². The summed E-state index contributed by atoms with van der Waals surface area (Å²) in [5, 5.41) is 3.73. The molecule has 1 amide bonds. The van der Waals surface area contributed by atoms with Crippen molar-refractivity contribution in [3.63, 3.8) is 0 Å². The SMILES string of the molecule is Cc1cccc(NC(=O)CN2CCN(c3cccc(Cl)c3)CC2)c1. The lowest BCUT2D eigenvalue weighted by atomic mass is 10.2. The number of aryl methyl sites for hydroxylation is 1. The summed E-state index contributed by atoms with van der Waals surface area (Å²) in [7, 11) is 0. The predicted molar refractivity (Wildman–Crippen MR) is 99.9 cm³/mol. The number of nitrogens with one attached hydrogen (secondary N) is 1. The van der Waals surface area contributed by atoms with Crippen LogP contribution in [0.4, 0.5) is 11.4 Å². The van der Waals surface area contributed by atoms with Crippen molar-refractivity contribution >= 4 is 28.9 Å². The third-order valence-corrected chi connectivity index (χ3v) is 4.45. The molecule has 1 N–H and O–H groups in total. The molecule has 2 aromatic carbocycles. The van der Waals surface area contributed by atoms with Gasteiger partial charge in [-0.25, -0.2) is 0 Å². The molecule has 1 aliphatic heterocycles. The van der Waals surface area contributed by atoms with Crippen LogP contribution in [0, 0.1) is 6.92 Å². The summed E-state index contributed by atoms with van der Waals surface area (Å²) in [4.78, 5) is 16.7. The largest absolute Gasteiger partial charge is 0.369 e. The summed E-state index contributed by atoms with van der Waals surface area (Å²) >= 11 is 6.06. The van der Waals surface area contributed by atoms with Gasteiger partial charge < -0.3 is 10.2 Å². The van der Waals surface area contributed by atoms with Crippen LogP contribution >= 0.6 is 11.6 Å². The minimum atomic E-state index is 0.0387. The van der Waals surface area contributed by atoms with E-state index in [1.807, 2.05) is 49.4 Å². The highest BCUT2D eigenvalue weighted by Crippen LogP contribution is 2.20. The van der Waals surface area contributed by atoms with Crippen LogP contribution in [0.2, 0.25) is 5.02 Å². The Balaban J connectivity index is 1.49. The summed E-state index contributed by atoms with van der Waals surface area (Å²) in [6.45, 7) is 5.99. The van der Waals surface area contributed by atoms with E-state index in [-0.39, 0.29) is 5.91 Å². The molecule has 1 aliphatic rings. The third kappa shape index (κ3) is 4.49. The summed E-state index contributed by atoms with van der Waals surface area (Å²) in [5.41, 5.74) is 3.15. The zero-order chi connectivity index (χ0) is 16.9. The second kappa shape index (κ2) is 7.69. The third-order valence-electron chi connectivity index (χ3n) is 4.21. The van der Waals surface area contributed by atoms with E-state index in [4.69, 9.17) is 11.6 Å². The number of hydrogen-bond donors (Lipinski definition) is 1. The quantitative estimate of drug-likeness (QED) is 0.924. The Labute approximate surface area is 148 Å². The molecule has 0 unspecified atom stereocenters. The van der Waals surface area contributed by atoms with Gasteiger partial charge in [0.2, 0.25) is 5.91 Å². The summed E-state index contributed by atoms with van der Waals surface area (Å²) in [6, 6.07) is 15.8. The minimum Gasteiger partial charge on any atom is -0.369 e. The molecule has 3 rings (SSSR count). The maximum absolute atomic E-state index is 12.2. The molecule has 0 aromatic heterocycles. The Morgan fingerprint density at radius 2 is 1.83 bits per heavy atom. The van der Waals surface area contributed by atoms with E-state index in [2.05, 4.69) is 21.2 Å². The fraction of sp³-hybridized carbons (Fsp3) is 0.316. The molecule has 1 saturated heterocycles. The molecular formula is C19H22ClN3O. The normalized spacial score (nSPS) is 15.3. The topological polar surface area (TPSA) is 35.6 Å². The first-order valence-corrected chi connectivity index (χ1v) is 8.57. The fourth-order valence-corrected chi connectivity index (χ4v) is 3.15. The first kappa shape index (κ1) is 16.8. The van der Waals surface area contributed by atoms with Gasteiger partial charge in [0.05, 0.1) is 6.54 Å². The van der Waals surface area contributed by atoms with Crippen LogP contribution in [0.1, 0.15) is 5.56 Å². The van der Waals surface area contributed by atoms with Crippen molar-refractivity contribution in [3.05, 3.63) is 59.1 Å². The highest BCUT2D eigenvalue weighted by molar-refractivity contribution is 6.30. The maximum Gasteiger partial charge on any atom is 0.238 e. The molecule has 0 spiro atoms. The van der Waals surface area contributed by atoms with Crippen LogP contribution in [0.25, 0.3) is 0 Å². The van der Waals surface area contributed by atoms with E-state index >= 15 is 0 Å². The Morgan fingerprint density at radius 3 is 2.54 bits per heavy atom. The molecule has 0 radical (unpaired) electrons. The predicted octanol–water partition coefficient (Wildman–Crippen LogP) is 3.41. The number of piperazine rings is 1. The monoisotopic (exact) mass is 343 g/mol. The number of benzene rings is 2. The Morgan fingerprint density at radius 1 is 1.08 bits per heavy atom. The van der Waals surface area contributed by atoms with Crippen LogP contribution in [-0.2, 0) is 4.79 Å². The zero-order valence-electron chi connectivity index (χ0n) is 13.8. The van der Waals surface area contributed by atoms with Gasteiger partial charge in [0.15, 0.2) is 0 Å². The van der Waals surface area contributed by atoms with Crippen molar-refractivity contribution < 1.29 is 4.79 Å². The Bertz CT molecular complexity index is 711. The van der Waals surface area contributed by atoms with E-state index in [0.29, 0.717) is 6.54 Å². The average molecular weight is 344 g/mol. The molecule has 2 aromatic rings. The van der Waals surface area contributed by atoms with Crippen molar-refractivity contribution in [1.82, 2.24) is 4.90 Å². The van der Waals surface area contributed by atoms with Gasteiger partial charge in [-0.3, -0.25) is 9.69 Å². The number of carbonyl (C=O) groups is 1. The number of hydrogen-bond acceptors (Lipinski definition) is 3. The van der Waals surface area contributed by atoms with Crippen molar-refractivity contribution in [2.75, 3.05) is 42.9 Å². The molecule has 1 fully saturated rings. The average Bonchev–Trinajstić information content (AvgIpc) is 2.55. The first-order valence-electron chi connectivity index (χ1n) is 8.19. The molecule has 24 heavy (non-hydrogen) atoms. The van der Waals surface area contributed by atoms with Gasteiger partial charge in [-0.15, -0.1) is 0 Å². The van der Waals surface area contributed by atoms with Gasteiger partial charge in [0.1, 0.15) is 0 Å².